The van der Waals surface area contributed by atoms with E-state index in [1.807, 2.05) is 0 Å². The summed E-state index contributed by atoms with van der Waals surface area (Å²) >= 11 is 0. The maximum absolute atomic E-state index is 11.9. The van der Waals surface area contributed by atoms with Crippen molar-refractivity contribution in [3.05, 3.63) is 24.2 Å². The van der Waals surface area contributed by atoms with Crippen LogP contribution >= 0.6 is 0 Å². The highest BCUT2D eigenvalue weighted by Crippen LogP contribution is 2.17. The number of carbonyl (C=O) groups is 3. The van der Waals surface area contributed by atoms with Crippen molar-refractivity contribution in [3.63, 3.8) is 0 Å². The van der Waals surface area contributed by atoms with Crippen LogP contribution in [0.25, 0.3) is 0 Å². The van der Waals surface area contributed by atoms with Crippen LogP contribution in [0.1, 0.15) is 23.4 Å². The summed E-state index contributed by atoms with van der Waals surface area (Å²) in [7, 11) is 0. The van der Waals surface area contributed by atoms with Gasteiger partial charge in [0.1, 0.15) is 6.04 Å². The Balaban J connectivity index is 1.88. The van der Waals surface area contributed by atoms with E-state index in [1.54, 1.807) is 6.07 Å². The van der Waals surface area contributed by atoms with Gasteiger partial charge in [0.25, 0.3) is 5.91 Å². The van der Waals surface area contributed by atoms with Crippen LogP contribution < -0.4 is 5.32 Å². The lowest BCUT2D eigenvalue weighted by Crippen LogP contribution is -2.45. The molecule has 2 heterocycles. The molecule has 102 valence electrons. The number of hydrogen-bond donors (Lipinski definition) is 2. The molecule has 7 nitrogen and oxygen atoms in total. The number of furan rings is 1. The molecule has 1 unspecified atom stereocenters. The van der Waals surface area contributed by atoms with Gasteiger partial charge in [-0.05, 0) is 25.0 Å². The quantitative estimate of drug-likeness (QED) is 0.804. The molecule has 1 fully saturated rings. The molecule has 2 rings (SSSR count). The highest BCUT2D eigenvalue weighted by atomic mass is 16.4. The third kappa shape index (κ3) is 2.93. The molecule has 1 aromatic rings. The van der Waals surface area contributed by atoms with Gasteiger partial charge in [0.15, 0.2) is 5.76 Å². The van der Waals surface area contributed by atoms with E-state index in [0.717, 1.165) is 0 Å². The number of hydrogen-bond acceptors (Lipinski definition) is 4. The Bertz CT molecular complexity index is 482. The van der Waals surface area contributed by atoms with Crippen LogP contribution in [0.3, 0.4) is 0 Å². The van der Waals surface area contributed by atoms with Crippen molar-refractivity contribution in [2.75, 3.05) is 13.1 Å². The first-order valence-electron chi connectivity index (χ1n) is 5.93. The molecule has 1 aliphatic rings. The molecule has 1 aliphatic heterocycles. The smallest absolute Gasteiger partial charge is 0.326 e. The van der Waals surface area contributed by atoms with Gasteiger partial charge in [0.2, 0.25) is 5.91 Å². The summed E-state index contributed by atoms with van der Waals surface area (Å²) in [5.41, 5.74) is 0. The van der Waals surface area contributed by atoms with Crippen LogP contribution in [0.2, 0.25) is 0 Å². The zero-order chi connectivity index (χ0) is 13.8. The summed E-state index contributed by atoms with van der Waals surface area (Å²) in [6.45, 7) is 0.176. The van der Waals surface area contributed by atoms with Gasteiger partial charge >= 0.3 is 5.97 Å². The number of carboxylic acids is 1. The van der Waals surface area contributed by atoms with E-state index >= 15 is 0 Å². The topological polar surface area (TPSA) is 99.9 Å². The zero-order valence-electron chi connectivity index (χ0n) is 10.2. The first-order chi connectivity index (χ1) is 9.09. The van der Waals surface area contributed by atoms with E-state index in [4.69, 9.17) is 9.52 Å². The van der Waals surface area contributed by atoms with Gasteiger partial charge in [-0.3, -0.25) is 9.59 Å². The Kier molecular flexibility index (Phi) is 3.84. The summed E-state index contributed by atoms with van der Waals surface area (Å²) in [6.07, 6.45) is 2.47. The van der Waals surface area contributed by atoms with E-state index in [9.17, 15) is 14.4 Å². The molecule has 19 heavy (non-hydrogen) atoms. The molecule has 7 heteroatoms. The van der Waals surface area contributed by atoms with Crippen LogP contribution in [-0.4, -0.2) is 46.9 Å². The van der Waals surface area contributed by atoms with Crippen molar-refractivity contribution in [3.8, 4) is 0 Å². The lowest BCUT2D eigenvalue weighted by atomic mass is 10.2. The second-order valence-electron chi connectivity index (χ2n) is 4.24. The second-order valence-corrected chi connectivity index (χ2v) is 4.24. The molecule has 0 aromatic carbocycles. The van der Waals surface area contributed by atoms with Crippen molar-refractivity contribution in [1.29, 1.82) is 0 Å². The van der Waals surface area contributed by atoms with Gasteiger partial charge in [-0.1, -0.05) is 0 Å². The summed E-state index contributed by atoms with van der Waals surface area (Å²) in [5, 5.41) is 11.4. The average Bonchev–Trinajstić information content (AvgIpc) is 3.04. The molecule has 1 atom stereocenters. The maximum Gasteiger partial charge on any atom is 0.326 e. The fourth-order valence-electron chi connectivity index (χ4n) is 2.07. The third-order valence-electron chi connectivity index (χ3n) is 3.00. The number of nitrogens with zero attached hydrogens (tertiary/aromatic N) is 1. The number of carbonyl (C=O) groups excluding carboxylic acids is 2. The molecule has 0 spiro atoms. The minimum Gasteiger partial charge on any atom is -0.480 e. The lowest BCUT2D eigenvalue weighted by molar-refractivity contribution is -0.147. The molecule has 0 saturated carbocycles. The van der Waals surface area contributed by atoms with Crippen LogP contribution in [0.4, 0.5) is 0 Å². The number of nitrogens with one attached hydrogen (secondary N) is 1. The second kappa shape index (κ2) is 5.55. The summed E-state index contributed by atoms with van der Waals surface area (Å²) in [4.78, 5) is 35.6. The van der Waals surface area contributed by atoms with Crippen molar-refractivity contribution in [2.45, 2.75) is 18.9 Å². The van der Waals surface area contributed by atoms with Crippen LogP contribution in [0.5, 0.6) is 0 Å². The Morgan fingerprint density at radius 3 is 2.89 bits per heavy atom. The molecule has 0 bridgehead atoms. The molecule has 0 radical (unpaired) electrons. The monoisotopic (exact) mass is 266 g/mol. The minimum absolute atomic E-state index is 0.115. The highest BCUT2D eigenvalue weighted by molar-refractivity contribution is 5.94. The molecule has 1 aromatic heterocycles. The van der Waals surface area contributed by atoms with Gasteiger partial charge in [-0.2, -0.15) is 0 Å². The molecule has 1 saturated heterocycles. The SMILES string of the molecule is O=C(NCC(=O)N1CCCC1C(=O)O)c1ccco1. The summed E-state index contributed by atoms with van der Waals surface area (Å²) in [6, 6.07) is 2.26. The molecule has 2 amide bonds. The minimum atomic E-state index is -1.01. The first kappa shape index (κ1) is 13.1. The Morgan fingerprint density at radius 1 is 1.47 bits per heavy atom. The standard InChI is InChI=1S/C12H14N2O5/c15-10(14-5-1-3-8(14)12(17)18)7-13-11(16)9-4-2-6-19-9/h2,4,6,8H,1,3,5,7H2,(H,13,16)(H,17,18). The van der Waals surface area contributed by atoms with E-state index < -0.39 is 23.8 Å². The van der Waals surface area contributed by atoms with Gasteiger partial charge in [0, 0.05) is 6.54 Å². The summed E-state index contributed by atoms with van der Waals surface area (Å²) in [5.74, 6) is -1.79. The van der Waals surface area contributed by atoms with Crippen LogP contribution in [0.15, 0.2) is 22.8 Å². The van der Waals surface area contributed by atoms with Crippen molar-refractivity contribution in [2.24, 2.45) is 0 Å². The van der Waals surface area contributed by atoms with Crippen LogP contribution in [0, 0.1) is 0 Å². The highest BCUT2D eigenvalue weighted by Gasteiger charge is 2.33. The third-order valence-corrected chi connectivity index (χ3v) is 3.00. The molecular formula is C12H14N2O5. The fraction of sp³-hybridized carbons (Fsp3) is 0.417. The van der Waals surface area contributed by atoms with Gasteiger partial charge < -0.3 is 19.7 Å². The maximum atomic E-state index is 11.9. The van der Waals surface area contributed by atoms with Crippen LogP contribution in [-0.2, 0) is 9.59 Å². The lowest BCUT2D eigenvalue weighted by Gasteiger charge is -2.21. The van der Waals surface area contributed by atoms with E-state index in [0.29, 0.717) is 19.4 Å². The van der Waals surface area contributed by atoms with E-state index in [2.05, 4.69) is 5.32 Å². The Labute approximate surface area is 109 Å². The van der Waals surface area contributed by atoms with Crippen molar-refractivity contribution < 1.29 is 23.9 Å². The number of amides is 2. The molecular weight excluding hydrogens is 252 g/mol. The van der Waals surface area contributed by atoms with Gasteiger partial charge in [-0.25, -0.2) is 4.79 Å². The van der Waals surface area contributed by atoms with E-state index in [-0.39, 0.29) is 12.3 Å². The fourth-order valence-corrected chi connectivity index (χ4v) is 2.07. The largest absolute Gasteiger partial charge is 0.480 e. The van der Waals surface area contributed by atoms with E-state index in [1.165, 1.54) is 17.2 Å². The zero-order valence-corrected chi connectivity index (χ0v) is 10.2. The average molecular weight is 266 g/mol. The van der Waals surface area contributed by atoms with Crippen molar-refractivity contribution in [1.82, 2.24) is 10.2 Å². The number of aliphatic carboxylic acids is 1. The first-order valence-corrected chi connectivity index (χ1v) is 5.93. The predicted octanol–water partition coefficient (Wildman–Crippen LogP) is 0.0850. The van der Waals surface area contributed by atoms with Crippen molar-refractivity contribution >= 4 is 17.8 Å². The van der Waals surface area contributed by atoms with Gasteiger partial charge in [-0.15, -0.1) is 0 Å². The molecule has 0 aliphatic carbocycles. The number of rotatable bonds is 4. The number of likely N-dealkylation sites (tertiary alicyclic amines) is 1. The number of carboxylic acid groups (broad SMARTS) is 1. The normalized spacial score (nSPS) is 18.3. The molecule has 2 N–H and O–H groups in total. The van der Waals surface area contributed by atoms with Gasteiger partial charge in [0.05, 0.1) is 12.8 Å². The Morgan fingerprint density at radius 2 is 2.26 bits per heavy atom. The summed E-state index contributed by atoms with van der Waals surface area (Å²) < 4.78 is 4.88. The predicted molar refractivity (Wildman–Crippen MR) is 63.4 cm³/mol. The Hall–Kier alpha value is -2.31.